The van der Waals surface area contributed by atoms with E-state index in [-0.39, 0.29) is 18.6 Å². The van der Waals surface area contributed by atoms with Crippen molar-refractivity contribution in [1.29, 1.82) is 0 Å². The maximum absolute atomic E-state index is 12.1. The number of amides is 1. The largest absolute Gasteiger partial charge is 0.484 e. The molecule has 0 aliphatic carbocycles. The molecule has 0 saturated carbocycles. The van der Waals surface area contributed by atoms with Crippen molar-refractivity contribution in [2.75, 3.05) is 19.7 Å². The highest BCUT2D eigenvalue weighted by Crippen LogP contribution is 2.17. The molecule has 0 bridgehead atoms. The third-order valence-corrected chi connectivity index (χ3v) is 4.96. The number of ether oxygens (including phenoxy) is 1. The van der Waals surface area contributed by atoms with Gasteiger partial charge in [0.1, 0.15) is 5.75 Å². The first kappa shape index (κ1) is 19.0. The van der Waals surface area contributed by atoms with Gasteiger partial charge in [-0.25, -0.2) is 0 Å². The fourth-order valence-corrected chi connectivity index (χ4v) is 3.28. The minimum Gasteiger partial charge on any atom is -0.484 e. The zero-order valence-corrected chi connectivity index (χ0v) is 16.0. The van der Waals surface area contributed by atoms with Crippen LogP contribution in [0.15, 0.2) is 48.5 Å². The number of halogens is 2. The lowest BCUT2D eigenvalue weighted by Gasteiger charge is -2.32. The molecule has 6 heteroatoms. The summed E-state index contributed by atoms with van der Waals surface area (Å²) in [7, 11) is 0. The average molecular weight is 393 g/mol. The normalized spacial score (nSPS) is 15.6. The highest BCUT2D eigenvalue weighted by atomic mass is 35.5. The van der Waals surface area contributed by atoms with E-state index in [1.807, 2.05) is 12.1 Å². The maximum Gasteiger partial charge on any atom is 0.258 e. The third-order valence-electron chi connectivity index (χ3n) is 4.46. The molecule has 1 aliphatic heterocycles. The van der Waals surface area contributed by atoms with Crippen LogP contribution in [0.25, 0.3) is 0 Å². The number of rotatable bonds is 6. The van der Waals surface area contributed by atoms with E-state index in [9.17, 15) is 4.79 Å². The van der Waals surface area contributed by atoms with E-state index in [0.29, 0.717) is 10.8 Å². The van der Waals surface area contributed by atoms with Gasteiger partial charge < -0.3 is 10.1 Å². The molecule has 1 aliphatic rings. The molecular weight excluding hydrogens is 371 g/mol. The highest BCUT2D eigenvalue weighted by Gasteiger charge is 2.20. The van der Waals surface area contributed by atoms with Crippen LogP contribution < -0.4 is 10.1 Å². The van der Waals surface area contributed by atoms with Crippen molar-refractivity contribution < 1.29 is 9.53 Å². The van der Waals surface area contributed by atoms with Crippen molar-refractivity contribution in [2.45, 2.75) is 25.4 Å². The Labute approximate surface area is 164 Å². The second kappa shape index (κ2) is 9.26. The van der Waals surface area contributed by atoms with Crippen molar-refractivity contribution in [3.8, 4) is 5.75 Å². The molecule has 1 amide bonds. The van der Waals surface area contributed by atoms with Crippen LogP contribution in [-0.4, -0.2) is 36.5 Å². The predicted octanol–water partition coefficient (Wildman–Crippen LogP) is 4.15. The Bertz CT molecular complexity index is 712. The van der Waals surface area contributed by atoms with Gasteiger partial charge in [-0.15, -0.1) is 0 Å². The fourth-order valence-electron chi connectivity index (χ4n) is 3.03. The van der Waals surface area contributed by atoms with E-state index in [1.165, 1.54) is 5.56 Å². The third kappa shape index (κ3) is 5.90. The van der Waals surface area contributed by atoms with Crippen LogP contribution in [0.4, 0.5) is 0 Å². The summed E-state index contributed by atoms with van der Waals surface area (Å²) < 4.78 is 5.48. The van der Waals surface area contributed by atoms with Crippen molar-refractivity contribution in [3.05, 3.63) is 64.1 Å². The van der Waals surface area contributed by atoms with Crippen LogP contribution >= 0.6 is 23.2 Å². The predicted molar refractivity (Wildman–Crippen MR) is 105 cm³/mol. The van der Waals surface area contributed by atoms with E-state index < -0.39 is 0 Å². The van der Waals surface area contributed by atoms with Gasteiger partial charge in [0.15, 0.2) is 6.61 Å². The van der Waals surface area contributed by atoms with Crippen molar-refractivity contribution >= 4 is 29.1 Å². The molecule has 2 aromatic carbocycles. The molecule has 0 atom stereocenters. The summed E-state index contributed by atoms with van der Waals surface area (Å²) in [6.07, 6.45) is 1.89. The Kier molecular flexibility index (Phi) is 6.78. The summed E-state index contributed by atoms with van der Waals surface area (Å²) in [4.78, 5) is 14.5. The minimum atomic E-state index is -0.0869. The molecular formula is C20H22Cl2N2O2. The Morgan fingerprint density at radius 3 is 2.19 bits per heavy atom. The number of carbonyl (C=O) groups is 1. The van der Waals surface area contributed by atoms with E-state index in [2.05, 4.69) is 22.3 Å². The molecule has 0 aromatic heterocycles. The minimum absolute atomic E-state index is 0.0205. The van der Waals surface area contributed by atoms with Crippen molar-refractivity contribution in [1.82, 2.24) is 10.2 Å². The van der Waals surface area contributed by atoms with Crippen LogP contribution in [0.2, 0.25) is 10.0 Å². The Balaban J connectivity index is 1.37. The topological polar surface area (TPSA) is 41.6 Å². The van der Waals surface area contributed by atoms with Gasteiger partial charge in [0.05, 0.1) is 0 Å². The summed E-state index contributed by atoms with van der Waals surface area (Å²) in [5.74, 6) is 0.554. The summed E-state index contributed by atoms with van der Waals surface area (Å²) in [5, 5.41) is 4.46. The molecule has 4 nitrogen and oxygen atoms in total. The SMILES string of the molecule is O=C(COc1ccc(Cl)cc1)NC1CCN(Cc2ccc(Cl)cc2)CC1. The molecule has 1 saturated heterocycles. The van der Waals surface area contributed by atoms with Gasteiger partial charge in [-0.3, -0.25) is 9.69 Å². The maximum atomic E-state index is 12.1. The highest BCUT2D eigenvalue weighted by molar-refractivity contribution is 6.30. The van der Waals surface area contributed by atoms with Gasteiger partial charge in [-0.05, 0) is 54.8 Å². The molecule has 1 fully saturated rings. The number of likely N-dealkylation sites (tertiary alicyclic amines) is 1. The summed E-state index contributed by atoms with van der Waals surface area (Å²) in [5.41, 5.74) is 1.26. The average Bonchev–Trinajstić information content (AvgIpc) is 2.65. The van der Waals surface area contributed by atoms with Gasteiger partial charge in [0.2, 0.25) is 0 Å². The number of benzene rings is 2. The fraction of sp³-hybridized carbons (Fsp3) is 0.350. The van der Waals surface area contributed by atoms with Gasteiger partial charge >= 0.3 is 0 Å². The standard InChI is InChI=1S/C20H22Cl2N2O2/c21-16-3-1-15(2-4-16)13-24-11-9-18(10-12-24)23-20(25)14-26-19-7-5-17(22)6-8-19/h1-8,18H,9-14H2,(H,23,25). The molecule has 1 N–H and O–H groups in total. The molecule has 2 aromatic rings. The Morgan fingerprint density at radius 1 is 1.00 bits per heavy atom. The lowest BCUT2D eigenvalue weighted by atomic mass is 10.0. The van der Waals surface area contributed by atoms with Crippen LogP contribution in [0.1, 0.15) is 18.4 Å². The quantitative estimate of drug-likeness (QED) is 0.802. The first-order valence-corrected chi connectivity index (χ1v) is 9.48. The first-order valence-electron chi connectivity index (χ1n) is 8.73. The molecule has 0 spiro atoms. The number of nitrogens with zero attached hydrogens (tertiary/aromatic N) is 1. The Morgan fingerprint density at radius 2 is 1.58 bits per heavy atom. The monoisotopic (exact) mass is 392 g/mol. The van der Waals surface area contributed by atoms with Gasteiger partial charge in [0.25, 0.3) is 5.91 Å². The first-order chi connectivity index (χ1) is 12.6. The van der Waals surface area contributed by atoms with Crippen LogP contribution in [0.5, 0.6) is 5.75 Å². The number of hydrogen-bond acceptors (Lipinski definition) is 3. The van der Waals surface area contributed by atoms with Crippen molar-refractivity contribution in [2.24, 2.45) is 0 Å². The molecule has 1 heterocycles. The summed E-state index contributed by atoms with van der Waals surface area (Å²) >= 11 is 11.8. The lowest BCUT2D eigenvalue weighted by Crippen LogP contribution is -2.45. The van der Waals surface area contributed by atoms with Crippen molar-refractivity contribution in [3.63, 3.8) is 0 Å². The zero-order valence-electron chi connectivity index (χ0n) is 14.5. The van der Waals surface area contributed by atoms with E-state index >= 15 is 0 Å². The molecule has 0 radical (unpaired) electrons. The summed E-state index contributed by atoms with van der Waals surface area (Å²) in [6, 6.07) is 15.2. The number of hydrogen-bond donors (Lipinski definition) is 1. The van der Waals surface area contributed by atoms with Gasteiger partial charge in [-0.2, -0.15) is 0 Å². The zero-order chi connectivity index (χ0) is 18.4. The van der Waals surface area contributed by atoms with Gasteiger partial charge in [-0.1, -0.05) is 35.3 Å². The van der Waals surface area contributed by atoms with E-state index in [4.69, 9.17) is 27.9 Å². The smallest absolute Gasteiger partial charge is 0.258 e. The van der Waals surface area contributed by atoms with E-state index in [1.54, 1.807) is 24.3 Å². The van der Waals surface area contributed by atoms with Crippen LogP contribution in [0.3, 0.4) is 0 Å². The number of carbonyl (C=O) groups excluding carboxylic acids is 1. The molecule has 0 unspecified atom stereocenters. The van der Waals surface area contributed by atoms with E-state index in [0.717, 1.165) is 37.5 Å². The summed E-state index contributed by atoms with van der Waals surface area (Å²) in [6.45, 7) is 2.86. The molecule has 26 heavy (non-hydrogen) atoms. The Hall–Kier alpha value is -1.75. The second-order valence-electron chi connectivity index (χ2n) is 6.49. The van der Waals surface area contributed by atoms with Gasteiger partial charge in [0, 0.05) is 35.7 Å². The molecule has 138 valence electrons. The number of piperidine rings is 1. The number of nitrogens with one attached hydrogen (secondary N) is 1. The molecule has 3 rings (SSSR count). The second-order valence-corrected chi connectivity index (χ2v) is 7.36. The lowest BCUT2D eigenvalue weighted by molar-refractivity contribution is -0.124. The van der Waals surface area contributed by atoms with Crippen LogP contribution in [0, 0.1) is 0 Å². The van der Waals surface area contributed by atoms with Crippen LogP contribution in [-0.2, 0) is 11.3 Å².